The summed E-state index contributed by atoms with van der Waals surface area (Å²) in [6, 6.07) is 0. The second-order valence-electron chi connectivity index (χ2n) is 3.79. The monoisotopic (exact) mass is 173 g/mol. The van der Waals surface area contributed by atoms with Gasteiger partial charge in [-0.25, -0.2) is 0 Å². The van der Waals surface area contributed by atoms with E-state index >= 15 is 0 Å². The zero-order valence-electron chi connectivity index (χ0n) is 8.84. The molecule has 0 aliphatic carbocycles. The molecule has 0 saturated carbocycles. The van der Waals surface area contributed by atoms with Gasteiger partial charge in [0.2, 0.25) is 0 Å². The van der Waals surface area contributed by atoms with E-state index < -0.39 is 0 Å². The largest absolute Gasteiger partial charge is 0.469 e. The zero-order chi connectivity index (χ0) is 9.94. The molecule has 72 valence electrons. The normalized spacial score (nSPS) is 14.6. The summed E-state index contributed by atoms with van der Waals surface area (Å²) in [5.41, 5.74) is -0.160. The van der Waals surface area contributed by atoms with Crippen molar-refractivity contribution in [1.82, 2.24) is 4.90 Å². The maximum absolute atomic E-state index is 11.2. The van der Waals surface area contributed by atoms with Crippen LogP contribution in [0.3, 0.4) is 0 Å². The minimum absolute atomic E-state index is 0.113. The first-order valence-electron chi connectivity index (χ1n) is 4.09. The van der Waals surface area contributed by atoms with Crippen molar-refractivity contribution in [3.63, 3.8) is 0 Å². The van der Waals surface area contributed by atoms with Crippen LogP contribution in [0.1, 0.15) is 20.8 Å². The summed E-state index contributed by atoms with van der Waals surface area (Å²) in [6.45, 7) is 5.93. The molecule has 0 aromatic carbocycles. The van der Waals surface area contributed by atoms with E-state index in [9.17, 15) is 4.79 Å². The summed E-state index contributed by atoms with van der Waals surface area (Å²) in [5.74, 6) is -0.272. The Morgan fingerprint density at radius 2 is 1.83 bits per heavy atom. The van der Waals surface area contributed by atoms with Crippen LogP contribution in [0.25, 0.3) is 0 Å². The first kappa shape index (κ1) is 11.4. The summed E-state index contributed by atoms with van der Waals surface area (Å²) in [7, 11) is 5.34. The van der Waals surface area contributed by atoms with Crippen molar-refractivity contribution in [2.45, 2.75) is 26.3 Å². The molecule has 0 N–H and O–H groups in total. The molecule has 0 saturated heterocycles. The van der Waals surface area contributed by atoms with Gasteiger partial charge in [0.05, 0.1) is 13.0 Å². The van der Waals surface area contributed by atoms with Crippen LogP contribution in [-0.4, -0.2) is 37.6 Å². The Morgan fingerprint density at radius 1 is 1.42 bits per heavy atom. The van der Waals surface area contributed by atoms with E-state index in [4.69, 9.17) is 0 Å². The van der Waals surface area contributed by atoms with Gasteiger partial charge in [-0.1, -0.05) is 6.92 Å². The van der Waals surface area contributed by atoms with E-state index in [0.29, 0.717) is 0 Å². The van der Waals surface area contributed by atoms with Crippen molar-refractivity contribution in [3.8, 4) is 0 Å². The highest BCUT2D eigenvalue weighted by molar-refractivity contribution is 5.73. The van der Waals surface area contributed by atoms with Crippen molar-refractivity contribution >= 4 is 5.97 Å². The molecule has 0 rings (SSSR count). The van der Waals surface area contributed by atoms with Crippen LogP contribution in [0, 0.1) is 5.92 Å². The Bertz CT molecular complexity index is 164. The molecule has 0 aliphatic heterocycles. The lowest BCUT2D eigenvalue weighted by Crippen LogP contribution is -2.47. The first-order valence-corrected chi connectivity index (χ1v) is 4.09. The fourth-order valence-corrected chi connectivity index (χ4v) is 0.852. The van der Waals surface area contributed by atoms with Gasteiger partial charge in [-0.15, -0.1) is 0 Å². The smallest absolute Gasteiger partial charge is 0.310 e. The second-order valence-corrected chi connectivity index (χ2v) is 3.79. The van der Waals surface area contributed by atoms with Gasteiger partial charge < -0.3 is 9.64 Å². The lowest BCUT2D eigenvalue weighted by Gasteiger charge is -2.36. The van der Waals surface area contributed by atoms with Gasteiger partial charge in [-0.05, 0) is 27.9 Å². The quantitative estimate of drug-likeness (QED) is 0.599. The van der Waals surface area contributed by atoms with Crippen LogP contribution in [-0.2, 0) is 9.53 Å². The summed E-state index contributed by atoms with van der Waals surface area (Å²) < 4.78 is 4.68. The Labute approximate surface area is 74.7 Å². The van der Waals surface area contributed by atoms with Crippen molar-refractivity contribution in [3.05, 3.63) is 0 Å². The number of nitrogens with zero attached hydrogens (tertiary/aromatic N) is 1. The number of methoxy groups -OCH3 is 1. The van der Waals surface area contributed by atoms with Gasteiger partial charge in [0, 0.05) is 5.54 Å². The lowest BCUT2D eigenvalue weighted by atomic mass is 9.88. The topological polar surface area (TPSA) is 29.5 Å². The van der Waals surface area contributed by atoms with Crippen LogP contribution in [0.4, 0.5) is 0 Å². The molecule has 0 spiro atoms. The maximum atomic E-state index is 11.2. The van der Waals surface area contributed by atoms with E-state index in [2.05, 4.69) is 4.74 Å². The molecule has 0 aromatic heterocycles. The Kier molecular flexibility index (Phi) is 3.71. The number of rotatable bonds is 3. The van der Waals surface area contributed by atoms with Crippen molar-refractivity contribution < 1.29 is 9.53 Å². The Morgan fingerprint density at radius 3 is 2.08 bits per heavy atom. The number of hydrogen-bond donors (Lipinski definition) is 0. The SMILES string of the molecule is COC(=O)C(C)C(C)(C)N(C)C. The Hall–Kier alpha value is -0.570. The average Bonchev–Trinajstić information content (AvgIpc) is 2.01. The molecular formula is C9H19NO2. The molecule has 0 fully saturated rings. The van der Waals surface area contributed by atoms with Crippen LogP contribution >= 0.6 is 0 Å². The fourth-order valence-electron chi connectivity index (χ4n) is 0.852. The molecular weight excluding hydrogens is 154 g/mol. The highest BCUT2D eigenvalue weighted by Crippen LogP contribution is 2.22. The predicted octanol–water partition coefficient (Wildman–Crippen LogP) is 1.14. The standard InChI is InChI=1S/C9H19NO2/c1-7(8(11)12-6)9(2,3)10(4)5/h7H,1-6H3. The van der Waals surface area contributed by atoms with Crippen molar-refractivity contribution in [1.29, 1.82) is 0 Å². The summed E-state index contributed by atoms with van der Waals surface area (Å²) in [4.78, 5) is 13.2. The molecule has 0 amide bonds. The average molecular weight is 173 g/mol. The molecule has 0 radical (unpaired) electrons. The molecule has 3 heteroatoms. The van der Waals surface area contributed by atoms with Crippen LogP contribution in [0.5, 0.6) is 0 Å². The van der Waals surface area contributed by atoms with Gasteiger partial charge in [0.25, 0.3) is 0 Å². The van der Waals surface area contributed by atoms with E-state index in [-0.39, 0.29) is 17.4 Å². The lowest BCUT2D eigenvalue weighted by molar-refractivity contribution is -0.149. The first-order chi connectivity index (χ1) is 5.34. The Balaban J connectivity index is 4.45. The molecule has 0 aliphatic rings. The maximum Gasteiger partial charge on any atom is 0.310 e. The minimum atomic E-state index is -0.160. The fraction of sp³-hybridized carbons (Fsp3) is 0.889. The number of carbonyl (C=O) groups is 1. The predicted molar refractivity (Wildman–Crippen MR) is 48.9 cm³/mol. The van der Waals surface area contributed by atoms with Gasteiger partial charge >= 0.3 is 5.97 Å². The number of carbonyl (C=O) groups excluding carboxylic acids is 1. The highest BCUT2D eigenvalue weighted by atomic mass is 16.5. The third kappa shape index (κ3) is 2.21. The summed E-state index contributed by atoms with van der Waals surface area (Å²) >= 11 is 0. The van der Waals surface area contributed by atoms with E-state index in [1.165, 1.54) is 7.11 Å². The van der Waals surface area contributed by atoms with Crippen molar-refractivity contribution in [2.75, 3.05) is 21.2 Å². The molecule has 12 heavy (non-hydrogen) atoms. The number of hydrogen-bond acceptors (Lipinski definition) is 3. The zero-order valence-corrected chi connectivity index (χ0v) is 8.84. The van der Waals surface area contributed by atoms with Crippen molar-refractivity contribution in [2.24, 2.45) is 5.92 Å². The third-order valence-corrected chi connectivity index (χ3v) is 2.77. The van der Waals surface area contributed by atoms with Crippen LogP contribution in [0.15, 0.2) is 0 Å². The molecule has 1 unspecified atom stereocenters. The van der Waals surface area contributed by atoms with E-state index in [0.717, 1.165) is 0 Å². The van der Waals surface area contributed by atoms with Gasteiger partial charge in [-0.2, -0.15) is 0 Å². The van der Waals surface area contributed by atoms with Gasteiger partial charge in [-0.3, -0.25) is 4.79 Å². The molecule has 1 atom stereocenters. The van der Waals surface area contributed by atoms with Crippen LogP contribution < -0.4 is 0 Å². The molecule has 0 bridgehead atoms. The van der Waals surface area contributed by atoms with Gasteiger partial charge in [0.15, 0.2) is 0 Å². The summed E-state index contributed by atoms with van der Waals surface area (Å²) in [5, 5.41) is 0. The number of ether oxygens (including phenoxy) is 1. The molecule has 0 aromatic rings. The molecule has 3 nitrogen and oxygen atoms in total. The molecule has 0 heterocycles. The second kappa shape index (κ2) is 3.90. The third-order valence-electron chi connectivity index (χ3n) is 2.77. The highest BCUT2D eigenvalue weighted by Gasteiger charge is 2.33. The van der Waals surface area contributed by atoms with Gasteiger partial charge in [0.1, 0.15) is 0 Å². The number of esters is 1. The van der Waals surface area contributed by atoms with E-state index in [1.54, 1.807) is 0 Å². The summed E-state index contributed by atoms with van der Waals surface area (Å²) in [6.07, 6.45) is 0. The minimum Gasteiger partial charge on any atom is -0.469 e. The van der Waals surface area contributed by atoms with Crippen LogP contribution in [0.2, 0.25) is 0 Å². The van der Waals surface area contributed by atoms with E-state index in [1.807, 2.05) is 39.8 Å².